The normalized spacial score (nSPS) is 12.2. The minimum atomic E-state index is 0.0217. The van der Waals surface area contributed by atoms with E-state index >= 15 is 0 Å². The van der Waals surface area contributed by atoms with Crippen LogP contribution in [0, 0.1) is 0 Å². The van der Waals surface area contributed by atoms with Crippen LogP contribution in [-0.2, 0) is 9.53 Å². The highest BCUT2D eigenvalue weighted by molar-refractivity contribution is 5.69. The number of hydrogen-bond acceptors (Lipinski definition) is 3. The van der Waals surface area contributed by atoms with Crippen LogP contribution in [0.4, 0.5) is 0 Å². The van der Waals surface area contributed by atoms with Crippen LogP contribution in [0.5, 0.6) is 0 Å². The molecule has 3 heteroatoms. The molecule has 1 unspecified atom stereocenters. The van der Waals surface area contributed by atoms with Gasteiger partial charge in [0.15, 0.2) is 0 Å². The molecule has 0 saturated heterocycles. The molecule has 0 rings (SSSR count). The first-order valence-electron chi connectivity index (χ1n) is 13.6. The van der Waals surface area contributed by atoms with Crippen molar-refractivity contribution in [2.45, 2.75) is 155 Å². The van der Waals surface area contributed by atoms with Crippen molar-refractivity contribution >= 4 is 5.97 Å². The summed E-state index contributed by atoms with van der Waals surface area (Å²) < 4.78 is 5.69. The monoisotopic (exact) mass is 425 g/mol. The lowest BCUT2D eigenvalue weighted by Gasteiger charge is -2.16. The summed E-state index contributed by atoms with van der Waals surface area (Å²) in [7, 11) is 0. The van der Waals surface area contributed by atoms with Crippen molar-refractivity contribution in [3.8, 4) is 0 Å². The SMILES string of the molecule is CCCCCCCCNCCCCCCCC(=O)OC(CC)CCCCCCCC. The van der Waals surface area contributed by atoms with Crippen molar-refractivity contribution in [3.05, 3.63) is 0 Å². The summed E-state index contributed by atoms with van der Waals surface area (Å²) in [4.78, 5) is 12.1. The van der Waals surface area contributed by atoms with Gasteiger partial charge in [-0.25, -0.2) is 0 Å². The Morgan fingerprint density at radius 2 is 1.10 bits per heavy atom. The summed E-state index contributed by atoms with van der Waals surface area (Å²) in [5, 5.41) is 3.57. The van der Waals surface area contributed by atoms with Gasteiger partial charge in [-0.2, -0.15) is 0 Å². The van der Waals surface area contributed by atoms with Crippen LogP contribution < -0.4 is 5.32 Å². The fraction of sp³-hybridized carbons (Fsp3) is 0.963. The number of rotatable bonds is 24. The quantitative estimate of drug-likeness (QED) is 0.125. The molecular weight excluding hydrogens is 370 g/mol. The number of unbranched alkanes of at least 4 members (excludes halogenated alkanes) is 14. The van der Waals surface area contributed by atoms with Gasteiger partial charge in [0, 0.05) is 6.42 Å². The molecule has 0 aromatic rings. The predicted molar refractivity (Wildman–Crippen MR) is 132 cm³/mol. The molecule has 0 amide bonds. The first-order valence-corrected chi connectivity index (χ1v) is 13.6. The Bertz CT molecular complexity index is 346. The molecule has 0 aromatic heterocycles. The first-order chi connectivity index (χ1) is 14.7. The van der Waals surface area contributed by atoms with Gasteiger partial charge in [-0.3, -0.25) is 4.79 Å². The third-order valence-electron chi connectivity index (χ3n) is 6.07. The van der Waals surface area contributed by atoms with Crippen molar-refractivity contribution in [1.29, 1.82) is 0 Å². The number of hydrogen-bond donors (Lipinski definition) is 1. The lowest BCUT2D eigenvalue weighted by atomic mass is 10.1. The molecule has 30 heavy (non-hydrogen) atoms. The van der Waals surface area contributed by atoms with E-state index in [0.29, 0.717) is 6.42 Å². The molecule has 0 spiro atoms. The van der Waals surface area contributed by atoms with Gasteiger partial charge in [0.25, 0.3) is 0 Å². The third kappa shape index (κ3) is 22.1. The van der Waals surface area contributed by atoms with Gasteiger partial charge in [-0.05, 0) is 51.6 Å². The van der Waals surface area contributed by atoms with Crippen molar-refractivity contribution in [3.63, 3.8) is 0 Å². The predicted octanol–water partition coefficient (Wildman–Crippen LogP) is 8.35. The van der Waals surface area contributed by atoms with Crippen LogP contribution in [0.15, 0.2) is 0 Å². The van der Waals surface area contributed by atoms with Gasteiger partial charge in [-0.15, -0.1) is 0 Å². The van der Waals surface area contributed by atoms with E-state index in [-0.39, 0.29) is 12.1 Å². The van der Waals surface area contributed by atoms with E-state index in [1.54, 1.807) is 0 Å². The average Bonchev–Trinajstić information content (AvgIpc) is 2.75. The van der Waals surface area contributed by atoms with Crippen LogP contribution >= 0.6 is 0 Å². The summed E-state index contributed by atoms with van der Waals surface area (Å²) in [6.07, 6.45) is 24.7. The second-order valence-electron chi connectivity index (χ2n) is 9.11. The molecule has 0 heterocycles. The Morgan fingerprint density at radius 3 is 1.63 bits per heavy atom. The number of nitrogens with one attached hydrogen (secondary N) is 1. The highest BCUT2D eigenvalue weighted by atomic mass is 16.5. The van der Waals surface area contributed by atoms with Crippen LogP contribution in [0.3, 0.4) is 0 Å². The number of esters is 1. The molecule has 0 aromatic carbocycles. The maximum Gasteiger partial charge on any atom is 0.306 e. The Hall–Kier alpha value is -0.570. The second-order valence-corrected chi connectivity index (χ2v) is 9.11. The molecule has 0 bridgehead atoms. The van der Waals surface area contributed by atoms with Crippen molar-refractivity contribution in [1.82, 2.24) is 5.32 Å². The average molecular weight is 426 g/mol. The minimum absolute atomic E-state index is 0.0217. The van der Waals surface area contributed by atoms with Gasteiger partial charge in [-0.1, -0.05) is 104 Å². The lowest BCUT2D eigenvalue weighted by molar-refractivity contribution is -0.149. The maximum absolute atomic E-state index is 12.1. The zero-order valence-corrected chi connectivity index (χ0v) is 21.0. The summed E-state index contributed by atoms with van der Waals surface area (Å²) in [5.74, 6) is 0.0217. The van der Waals surface area contributed by atoms with E-state index in [2.05, 4.69) is 26.1 Å². The fourth-order valence-electron chi connectivity index (χ4n) is 3.95. The summed E-state index contributed by atoms with van der Waals surface area (Å²) in [5.41, 5.74) is 0. The van der Waals surface area contributed by atoms with Crippen LogP contribution in [0.25, 0.3) is 0 Å². The lowest BCUT2D eigenvalue weighted by Crippen LogP contribution is -2.17. The standard InChI is InChI=1S/C27H55NO2/c1-4-7-9-11-14-18-22-26(6-3)30-27(29)23-19-15-13-17-21-25-28-24-20-16-12-10-8-5-2/h26,28H,4-25H2,1-3H3. The van der Waals surface area contributed by atoms with E-state index in [1.807, 2.05) is 0 Å². The van der Waals surface area contributed by atoms with Crippen LogP contribution in [-0.4, -0.2) is 25.2 Å². The van der Waals surface area contributed by atoms with Gasteiger partial charge < -0.3 is 10.1 Å². The third-order valence-corrected chi connectivity index (χ3v) is 6.07. The smallest absolute Gasteiger partial charge is 0.306 e. The molecule has 0 radical (unpaired) electrons. The van der Waals surface area contributed by atoms with Crippen molar-refractivity contribution < 1.29 is 9.53 Å². The highest BCUT2D eigenvalue weighted by Gasteiger charge is 2.12. The molecule has 0 aliphatic heterocycles. The van der Waals surface area contributed by atoms with Crippen LogP contribution in [0.1, 0.15) is 149 Å². The summed E-state index contributed by atoms with van der Waals surface area (Å²) in [6.45, 7) is 8.98. The largest absolute Gasteiger partial charge is 0.462 e. The fourth-order valence-corrected chi connectivity index (χ4v) is 3.95. The maximum atomic E-state index is 12.1. The topological polar surface area (TPSA) is 38.3 Å². The molecule has 0 fully saturated rings. The van der Waals surface area contributed by atoms with E-state index in [4.69, 9.17) is 4.74 Å². The summed E-state index contributed by atoms with van der Waals surface area (Å²) >= 11 is 0. The molecule has 0 aliphatic rings. The highest BCUT2D eigenvalue weighted by Crippen LogP contribution is 2.14. The number of carbonyl (C=O) groups excluding carboxylic acids is 1. The molecule has 1 atom stereocenters. The van der Waals surface area contributed by atoms with Gasteiger partial charge in [0.2, 0.25) is 0 Å². The zero-order chi connectivity index (χ0) is 22.1. The Balaban J connectivity index is 3.38. The molecule has 0 saturated carbocycles. The summed E-state index contributed by atoms with van der Waals surface area (Å²) in [6, 6.07) is 0. The minimum Gasteiger partial charge on any atom is -0.462 e. The van der Waals surface area contributed by atoms with Gasteiger partial charge in [0.1, 0.15) is 6.10 Å². The Kier molecular flexibility index (Phi) is 24.2. The van der Waals surface area contributed by atoms with Gasteiger partial charge in [0.05, 0.1) is 0 Å². The zero-order valence-electron chi connectivity index (χ0n) is 21.0. The van der Waals surface area contributed by atoms with E-state index < -0.39 is 0 Å². The van der Waals surface area contributed by atoms with Crippen molar-refractivity contribution in [2.75, 3.05) is 13.1 Å². The van der Waals surface area contributed by atoms with E-state index in [9.17, 15) is 4.79 Å². The first kappa shape index (κ1) is 29.4. The van der Waals surface area contributed by atoms with E-state index in [1.165, 1.54) is 103 Å². The Morgan fingerprint density at radius 1 is 0.633 bits per heavy atom. The Labute approximate surface area is 189 Å². The van der Waals surface area contributed by atoms with Crippen LogP contribution in [0.2, 0.25) is 0 Å². The molecular formula is C27H55NO2. The molecule has 1 N–H and O–H groups in total. The van der Waals surface area contributed by atoms with E-state index in [0.717, 1.165) is 32.2 Å². The number of ether oxygens (including phenoxy) is 1. The number of carbonyl (C=O) groups is 1. The molecule has 0 aliphatic carbocycles. The molecule has 3 nitrogen and oxygen atoms in total. The van der Waals surface area contributed by atoms with Crippen molar-refractivity contribution in [2.24, 2.45) is 0 Å². The second kappa shape index (κ2) is 24.7. The van der Waals surface area contributed by atoms with Gasteiger partial charge >= 0.3 is 5.97 Å². The molecule has 180 valence electrons.